The van der Waals surface area contributed by atoms with Crippen LogP contribution in [-0.4, -0.2) is 34.1 Å². The highest BCUT2D eigenvalue weighted by molar-refractivity contribution is 5.88. The molecule has 1 N–H and O–H groups in total. The van der Waals surface area contributed by atoms with Gasteiger partial charge in [0.15, 0.2) is 6.10 Å². The quantitative estimate of drug-likeness (QED) is 0.693. The van der Waals surface area contributed by atoms with E-state index in [1.807, 2.05) is 4.90 Å². The summed E-state index contributed by atoms with van der Waals surface area (Å²) in [6, 6.07) is 0.400. The van der Waals surface area contributed by atoms with E-state index in [2.05, 4.69) is 20.8 Å². The van der Waals surface area contributed by atoms with E-state index < -0.39 is 6.10 Å². The van der Waals surface area contributed by atoms with Gasteiger partial charge in [-0.25, -0.2) is 0 Å². The molecule has 0 aromatic heterocycles. The average Bonchev–Trinajstić information content (AvgIpc) is 2.23. The van der Waals surface area contributed by atoms with Gasteiger partial charge in [-0.15, -0.1) is 0 Å². The highest BCUT2D eigenvalue weighted by Gasteiger charge is 2.54. The zero-order chi connectivity index (χ0) is 11.9. The van der Waals surface area contributed by atoms with Crippen molar-refractivity contribution in [2.24, 2.45) is 5.41 Å². The number of aliphatic hydroxyl groups is 1. The molecule has 0 bridgehead atoms. The summed E-state index contributed by atoms with van der Waals surface area (Å²) in [4.78, 5) is 13.8. The van der Waals surface area contributed by atoms with Gasteiger partial charge in [-0.2, -0.15) is 0 Å². The molecule has 1 saturated carbocycles. The lowest BCUT2D eigenvalue weighted by atomic mass is 9.74. The number of β-lactam (4-membered cyclic amide) rings is 1. The van der Waals surface area contributed by atoms with Gasteiger partial charge in [-0.05, 0) is 18.3 Å². The summed E-state index contributed by atoms with van der Waals surface area (Å²) in [5.74, 6) is -0.0492. The van der Waals surface area contributed by atoms with Crippen molar-refractivity contribution in [3.8, 4) is 0 Å². The van der Waals surface area contributed by atoms with E-state index in [1.165, 1.54) is 19.3 Å². The number of hydrogen-bond donors (Lipinski definition) is 1. The van der Waals surface area contributed by atoms with Gasteiger partial charge < -0.3 is 10.0 Å². The molecule has 92 valence electrons. The first-order chi connectivity index (χ1) is 7.43. The summed E-state index contributed by atoms with van der Waals surface area (Å²) in [6.45, 7) is 6.30. The van der Waals surface area contributed by atoms with E-state index >= 15 is 0 Å². The van der Waals surface area contributed by atoms with Crippen molar-refractivity contribution in [1.82, 2.24) is 4.90 Å². The number of carbonyl (C=O) groups excluding carboxylic acids is 1. The highest BCUT2D eigenvalue weighted by atomic mass is 16.3. The van der Waals surface area contributed by atoms with E-state index in [-0.39, 0.29) is 17.4 Å². The molecular formula is C13H23NO2. The summed E-state index contributed by atoms with van der Waals surface area (Å²) in [7, 11) is 0. The first kappa shape index (κ1) is 11.9. The van der Waals surface area contributed by atoms with Crippen LogP contribution in [0.2, 0.25) is 0 Å². The zero-order valence-corrected chi connectivity index (χ0v) is 10.6. The maximum Gasteiger partial charge on any atom is 0.254 e. The number of carbonyl (C=O) groups is 1. The van der Waals surface area contributed by atoms with Gasteiger partial charge in [0.25, 0.3) is 5.91 Å². The van der Waals surface area contributed by atoms with Gasteiger partial charge in [-0.3, -0.25) is 4.79 Å². The Bertz CT molecular complexity index is 276. The Labute approximate surface area is 97.8 Å². The molecule has 0 radical (unpaired) electrons. The molecule has 1 amide bonds. The van der Waals surface area contributed by atoms with E-state index in [9.17, 15) is 9.90 Å². The smallest absolute Gasteiger partial charge is 0.254 e. The van der Waals surface area contributed by atoms with Crippen LogP contribution < -0.4 is 0 Å². The van der Waals surface area contributed by atoms with Gasteiger partial charge in [0.2, 0.25) is 0 Å². The fourth-order valence-electron chi connectivity index (χ4n) is 3.15. The number of likely N-dealkylation sites (tertiary alicyclic amines) is 1. The Balaban J connectivity index is 2.10. The van der Waals surface area contributed by atoms with Crippen molar-refractivity contribution in [2.75, 3.05) is 0 Å². The molecule has 2 fully saturated rings. The summed E-state index contributed by atoms with van der Waals surface area (Å²) >= 11 is 0. The molecule has 0 unspecified atom stereocenters. The minimum Gasteiger partial charge on any atom is -0.381 e. The number of aliphatic hydroxyl groups excluding tert-OH is 1. The summed E-state index contributed by atoms with van der Waals surface area (Å²) < 4.78 is 0. The van der Waals surface area contributed by atoms with Crippen LogP contribution in [0, 0.1) is 5.41 Å². The minimum absolute atomic E-state index is 0.0168. The summed E-state index contributed by atoms with van der Waals surface area (Å²) in [5.41, 5.74) is -0.0230. The molecule has 3 nitrogen and oxygen atoms in total. The van der Waals surface area contributed by atoms with Crippen LogP contribution in [0.25, 0.3) is 0 Å². The van der Waals surface area contributed by atoms with Crippen molar-refractivity contribution in [3.05, 3.63) is 0 Å². The summed E-state index contributed by atoms with van der Waals surface area (Å²) in [5, 5.41) is 9.82. The molecule has 16 heavy (non-hydrogen) atoms. The van der Waals surface area contributed by atoms with E-state index in [0.29, 0.717) is 6.04 Å². The van der Waals surface area contributed by atoms with Crippen molar-refractivity contribution in [3.63, 3.8) is 0 Å². The van der Waals surface area contributed by atoms with E-state index in [4.69, 9.17) is 0 Å². The van der Waals surface area contributed by atoms with Gasteiger partial charge in [0.05, 0.1) is 6.04 Å². The lowest BCUT2D eigenvalue weighted by Gasteiger charge is -2.55. The topological polar surface area (TPSA) is 40.5 Å². The Morgan fingerprint density at radius 1 is 1.19 bits per heavy atom. The van der Waals surface area contributed by atoms with E-state index in [1.54, 1.807) is 0 Å². The second-order valence-electron chi connectivity index (χ2n) is 6.29. The molecule has 2 aliphatic rings. The summed E-state index contributed by atoms with van der Waals surface area (Å²) in [6.07, 6.45) is 5.21. The predicted molar refractivity (Wildman–Crippen MR) is 63.0 cm³/mol. The molecule has 1 aliphatic carbocycles. The molecule has 1 aliphatic heterocycles. The lowest BCUT2D eigenvalue weighted by molar-refractivity contribution is -0.183. The Morgan fingerprint density at radius 2 is 1.75 bits per heavy atom. The Morgan fingerprint density at radius 3 is 2.25 bits per heavy atom. The van der Waals surface area contributed by atoms with Crippen molar-refractivity contribution in [2.45, 2.75) is 71.1 Å². The van der Waals surface area contributed by atoms with Crippen LogP contribution in [0.3, 0.4) is 0 Å². The SMILES string of the molecule is CC(C)(C)[C@H]1[C@@H](O)C(=O)N1C1CCCCC1. The van der Waals surface area contributed by atoms with Crippen molar-refractivity contribution < 1.29 is 9.90 Å². The fraction of sp³-hybridized carbons (Fsp3) is 0.923. The maximum atomic E-state index is 11.8. The number of hydrogen-bond acceptors (Lipinski definition) is 2. The first-order valence-corrected chi connectivity index (χ1v) is 6.43. The van der Waals surface area contributed by atoms with Gasteiger partial charge >= 0.3 is 0 Å². The van der Waals surface area contributed by atoms with Gasteiger partial charge in [0, 0.05) is 6.04 Å². The molecule has 2 rings (SSSR count). The van der Waals surface area contributed by atoms with E-state index in [0.717, 1.165) is 12.8 Å². The van der Waals surface area contributed by atoms with Crippen molar-refractivity contribution in [1.29, 1.82) is 0 Å². The molecule has 0 aromatic rings. The molecule has 0 aromatic carbocycles. The first-order valence-electron chi connectivity index (χ1n) is 6.43. The molecule has 1 saturated heterocycles. The fourth-order valence-corrected chi connectivity index (χ4v) is 3.15. The standard InChI is InChI=1S/C13H23NO2/c1-13(2,3)11-10(15)12(16)14(11)9-7-5-4-6-8-9/h9-11,15H,4-8H2,1-3H3/t10-,11-/m1/s1. The normalized spacial score (nSPS) is 32.8. The molecule has 0 spiro atoms. The molecule has 1 heterocycles. The monoisotopic (exact) mass is 225 g/mol. The van der Waals surface area contributed by atoms with Crippen LogP contribution in [-0.2, 0) is 4.79 Å². The van der Waals surface area contributed by atoms with Crippen LogP contribution >= 0.6 is 0 Å². The second kappa shape index (κ2) is 4.02. The van der Waals surface area contributed by atoms with Gasteiger partial charge in [0.1, 0.15) is 0 Å². The third kappa shape index (κ3) is 1.86. The molecule has 3 heteroatoms. The third-order valence-corrected chi connectivity index (χ3v) is 3.96. The highest BCUT2D eigenvalue weighted by Crippen LogP contribution is 2.39. The van der Waals surface area contributed by atoms with Crippen LogP contribution in [0.1, 0.15) is 52.9 Å². The van der Waals surface area contributed by atoms with Crippen LogP contribution in [0.15, 0.2) is 0 Å². The second-order valence-corrected chi connectivity index (χ2v) is 6.29. The van der Waals surface area contributed by atoms with Crippen molar-refractivity contribution >= 4 is 5.91 Å². The third-order valence-electron chi connectivity index (χ3n) is 3.96. The Kier molecular flexibility index (Phi) is 2.99. The zero-order valence-electron chi connectivity index (χ0n) is 10.6. The predicted octanol–water partition coefficient (Wildman–Crippen LogP) is 1.94. The number of nitrogens with zero attached hydrogens (tertiary/aromatic N) is 1. The molecular weight excluding hydrogens is 202 g/mol. The lowest BCUT2D eigenvalue weighted by Crippen LogP contribution is -2.71. The van der Waals surface area contributed by atoms with Gasteiger partial charge in [-0.1, -0.05) is 40.0 Å². The minimum atomic E-state index is -0.762. The Hall–Kier alpha value is -0.570. The average molecular weight is 225 g/mol. The van der Waals surface area contributed by atoms with Crippen LogP contribution in [0.5, 0.6) is 0 Å². The number of amides is 1. The number of rotatable bonds is 1. The largest absolute Gasteiger partial charge is 0.381 e. The maximum absolute atomic E-state index is 11.8. The van der Waals surface area contributed by atoms with Crippen LogP contribution in [0.4, 0.5) is 0 Å². The molecule has 2 atom stereocenters.